The van der Waals surface area contributed by atoms with Crippen LogP contribution in [0, 0.1) is 0 Å². The summed E-state index contributed by atoms with van der Waals surface area (Å²) in [5.41, 5.74) is 5.26. The summed E-state index contributed by atoms with van der Waals surface area (Å²) in [5, 5.41) is 18.6. The molecule has 1 heterocycles. The van der Waals surface area contributed by atoms with Crippen molar-refractivity contribution in [3.63, 3.8) is 0 Å². The maximum absolute atomic E-state index is 11.5. The third-order valence-corrected chi connectivity index (χ3v) is 3.81. The van der Waals surface area contributed by atoms with Gasteiger partial charge in [-0.3, -0.25) is 4.57 Å². The minimum Gasteiger partial charge on any atom is -0.409 e. The summed E-state index contributed by atoms with van der Waals surface area (Å²) >= 11 is 1.57. The molecule has 0 atom stereocenters. The number of nitrogens with one attached hydrogen (secondary N) is 1. The standard InChI is InChI=1S/C10H17N5O2S/c11-8(14-17)3-1-2-6-18-10-13-12-9(16)15(10)7-4-5-7/h7,17H,1-6H2,(H2,11,14)(H,12,16). The lowest BCUT2D eigenvalue weighted by Crippen LogP contribution is -2.16. The molecular formula is C10H17N5O2S. The van der Waals surface area contributed by atoms with E-state index in [2.05, 4.69) is 15.4 Å². The second-order valence-electron chi connectivity index (χ2n) is 4.31. The monoisotopic (exact) mass is 271 g/mol. The molecule has 4 N–H and O–H groups in total. The Morgan fingerprint density at radius 1 is 1.61 bits per heavy atom. The molecule has 2 rings (SSSR count). The fraction of sp³-hybridized carbons (Fsp3) is 0.700. The number of aromatic nitrogens is 3. The van der Waals surface area contributed by atoms with Gasteiger partial charge in [0, 0.05) is 18.2 Å². The first-order valence-corrected chi connectivity index (χ1v) is 6.97. The molecule has 0 saturated heterocycles. The summed E-state index contributed by atoms with van der Waals surface area (Å²) in [5.74, 6) is 1.13. The number of hydrogen-bond acceptors (Lipinski definition) is 5. The number of nitrogens with two attached hydrogens (primary N) is 1. The Hall–Kier alpha value is -1.44. The number of aromatic amines is 1. The molecule has 1 aliphatic rings. The Labute approximate surface area is 108 Å². The smallest absolute Gasteiger partial charge is 0.344 e. The Balaban J connectivity index is 1.75. The number of rotatable bonds is 7. The topological polar surface area (TPSA) is 109 Å². The zero-order valence-electron chi connectivity index (χ0n) is 10.0. The van der Waals surface area contributed by atoms with Gasteiger partial charge >= 0.3 is 5.69 Å². The van der Waals surface area contributed by atoms with E-state index in [1.807, 2.05) is 0 Å². The molecule has 1 aliphatic carbocycles. The van der Waals surface area contributed by atoms with Crippen molar-refractivity contribution in [3.8, 4) is 0 Å². The van der Waals surface area contributed by atoms with Gasteiger partial charge in [-0.05, 0) is 25.7 Å². The predicted octanol–water partition coefficient (Wildman–Crippen LogP) is 0.915. The van der Waals surface area contributed by atoms with Crippen molar-refractivity contribution >= 4 is 17.6 Å². The van der Waals surface area contributed by atoms with E-state index in [-0.39, 0.29) is 11.5 Å². The Morgan fingerprint density at radius 2 is 2.39 bits per heavy atom. The molecular weight excluding hydrogens is 254 g/mol. The third-order valence-electron chi connectivity index (χ3n) is 2.77. The molecule has 0 aromatic carbocycles. The van der Waals surface area contributed by atoms with Crippen molar-refractivity contribution in [2.24, 2.45) is 10.9 Å². The Kier molecular flexibility index (Phi) is 4.29. The van der Waals surface area contributed by atoms with Crippen LogP contribution in [-0.4, -0.2) is 31.6 Å². The van der Waals surface area contributed by atoms with Gasteiger partial charge in [0.25, 0.3) is 0 Å². The van der Waals surface area contributed by atoms with Crippen LogP contribution < -0.4 is 11.4 Å². The predicted molar refractivity (Wildman–Crippen MR) is 69.1 cm³/mol. The van der Waals surface area contributed by atoms with Gasteiger partial charge in [0.1, 0.15) is 5.84 Å². The average molecular weight is 271 g/mol. The molecule has 1 aromatic heterocycles. The van der Waals surface area contributed by atoms with E-state index in [1.54, 1.807) is 16.3 Å². The number of oxime groups is 1. The van der Waals surface area contributed by atoms with Crippen molar-refractivity contribution in [1.82, 2.24) is 14.8 Å². The number of thioether (sulfide) groups is 1. The van der Waals surface area contributed by atoms with Crippen LogP contribution >= 0.6 is 11.8 Å². The minimum atomic E-state index is -0.114. The lowest BCUT2D eigenvalue weighted by molar-refractivity contribution is 0.316. The molecule has 1 fully saturated rings. The van der Waals surface area contributed by atoms with Crippen molar-refractivity contribution in [3.05, 3.63) is 10.5 Å². The van der Waals surface area contributed by atoms with Gasteiger partial charge in [0.15, 0.2) is 5.16 Å². The van der Waals surface area contributed by atoms with Gasteiger partial charge in [-0.1, -0.05) is 16.9 Å². The highest BCUT2D eigenvalue weighted by molar-refractivity contribution is 7.99. The molecule has 18 heavy (non-hydrogen) atoms. The van der Waals surface area contributed by atoms with Crippen molar-refractivity contribution in [1.29, 1.82) is 0 Å². The molecule has 100 valence electrons. The van der Waals surface area contributed by atoms with E-state index in [0.717, 1.165) is 36.6 Å². The Bertz CT molecular complexity index is 477. The molecule has 8 heteroatoms. The van der Waals surface area contributed by atoms with Gasteiger partial charge in [-0.15, -0.1) is 5.10 Å². The van der Waals surface area contributed by atoms with Gasteiger partial charge in [0.2, 0.25) is 0 Å². The maximum Gasteiger partial charge on any atom is 0.344 e. The SMILES string of the molecule is NC(CCCCSc1n[nH]c(=O)n1C1CC1)=NO. The summed E-state index contributed by atoms with van der Waals surface area (Å²) in [4.78, 5) is 11.5. The largest absolute Gasteiger partial charge is 0.409 e. The van der Waals surface area contributed by atoms with Crippen molar-refractivity contribution in [2.45, 2.75) is 43.3 Å². The van der Waals surface area contributed by atoms with Crippen LogP contribution in [0.2, 0.25) is 0 Å². The van der Waals surface area contributed by atoms with Gasteiger partial charge in [-0.2, -0.15) is 0 Å². The first-order valence-electron chi connectivity index (χ1n) is 5.98. The number of H-pyrrole nitrogens is 1. The van der Waals surface area contributed by atoms with Crippen LogP contribution in [0.15, 0.2) is 15.1 Å². The second kappa shape index (κ2) is 5.94. The summed E-state index contributed by atoms with van der Waals surface area (Å²) in [6.07, 6.45) is 4.52. The van der Waals surface area contributed by atoms with E-state index in [9.17, 15) is 4.79 Å². The molecule has 0 radical (unpaired) electrons. The van der Waals surface area contributed by atoms with E-state index in [1.165, 1.54) is 0 Å². The second-order valence-corrected chi connectivity index (χ2v) is 5.37. The van der Waals surface area contributed by atoms with Crippen LogP contribution in [0.25, 0.3) is 0 Å². The zero-order valence-corrected chi connectivity index (χ0v) is 10.8. The van der Waals surface area contributed by atoms with Crippen LogP contribution in [0.4, 0.5) is 0 Å². The zero-order chi connectivity index (χ0) is 13.0. The first kappa shape index (κ1) is 13.0. The van der Waals surface area contributed by atoms with Crippen LogP contribution in [0.5, 0.6) is 0 Å². The fourth-order valence-corrected chi connectivity index (χ4v) is 2.68. The van der Waals surface area contributed by atoms with E-state index in [0.29, 0.717) is 12.5 Å². The highest BCUT2D eigenvalue weighted by Gasteiger charge is 2.28. The quantitative estimate of drug-likeness (QED) is 0.170. The Morgan fingerprint density at radius 3 is 3.06 bits per heavy atom. The number of unbranched alkanes of at least 4 members (excludes halogenated alkanes) is 1. The first-order chi connectivity index (χ1) is 8.72. The summed E-state index contributed by atoms with van der Waals surface area (Å²) in [6.45, 7) is 0. The van der Waals surface area contributed by atoms with Crippen LogP contribution in [0.1, 0.15) is 38.1 Å². The highest BCUT2D eigenvalue weighted by Crippen LogP contribution is 2.36. The molecule has 0 amide bonds. The van der Waals surface area contributed by atoms with Gasteiger partial charge in [0.05, 0.1) is 0 Å². The van der Waals surface area contributed by atoms with Gasteiger partial charge < -0.3 is 10.9 Å². The minimum absolute atomic E-state index is 0.114. The van der Waals surface area contributed by atoms with E-state index < -0.39 is 0 Å². The molecule has 7 nitrogen and oxygen atoms in total. The van der Waals surface area contributed by atoms with Crippen molar-refractivity contribution < 1.29 is 5.21 Å². The molecule has 1 saturated carbocycles. The van der Waals surface area contributed by atoms with Crippen LogP contribution in [-0.2, 0) is 0 Å². The van der Waals surface area contributed by atoms with Gasteiger partial charge in [-0.25, -0.2) is 9.89 Å². The fourth-order valence-electron chi connectivity index (χ4n) is 1.67. The summed E-state index contributed by atoms with van der Waals surface area (Å²) < 4.78 is 1.74. The summed E-state index contributed by atoms with van der Waals surface area (Å²) in [6, 6.07) is 0.343. The average Bonchev–Trinajstić information content (AvgIpc) is 3.13. The molecule has 0 bridgehead atoms. The number of hydrogen-bond donors (Lipinski definition) is 3. The highest BCUT2D eigenvalue weighted by atomic mass is 32.2. The molecule has 0 unspecified atom stereocenters. The molecule has 0 spiro atoms. The maximum atomic E-state index is 11.5. The summed E-state index contributed by atoms with van der Waals surface area (Å²) in [7, 11) is 0. The lowest BCUT2D eigenvalue weighted by atomic mass is 10.2. The van der Waals surface area contributed by atoms with E-state index in [4.69, 9.17) is 10.9 Å². The third kappa shape index (κ3) is 3.28. The lowest BCUT2D eigenvalue weighted by Gasteiger charge is -2.03. The molecule has 0 aliphatic heterocycles. The number of amidine groups is 1. The van der Waals surface area contributed by atoms with Crippen molar-refractivity contribution in [2.75, 3.05) is 5.75 Å². The number of nitrogens with zero attached hydrogens (tertiary/aromatic N) is 3. The van der Waals surface area contributed by atoms with E-state index >= 15 is 0 Å². The normalized spacial score (nSPS) is 16.1. The molecule has 1 aromatic rings. The van der Waals surface area contributed by atoms with Crippen LogP contribution in [0.3, 0.4) is 0 Å².